The van der Waals surface area contributed by atoms with Crippen LogP contribution in [-0.2, 0) is 0 Å². The lowest BCUT2D eigenvalue weighted by atomic mass is 10.2. The van der Waals surface area contributed by atoms with Crippen LogP contribution in [0.5, 0.6) is 0 Å². The number of benzene rings is 2. The van der Waals surface area contributed by atoms with Crippen molar-refractivity contribution in [3.63, 3.8) is 0 Å². The van der Waals surface area contributed by atoms with Gasteiger partial charge in [0.1, 0.15) is 0 Å². The summed E-state index contributed by atoms with van der Waals surface area (Å²) in [5, 5.41) is 9.05. The molecular formula is C16H17N3OS. The number of aryl methyl sites for hydroxylation is 1. The number of anilines is 2. The molecule has 0 radical (unpaired) electrons. The fourth-order valence-corrected chi connectivity index (χ4v) is 2.09. The smallest absolute Gasteiger partial charge is 0.257 e. The molecule has 0 saturated carbocycles. The highest BCUT2D eigenvalue weighted by molar-refractivity contribution is 7.80. The van der Waals surface area contributed by atoms with Crippen molar-refractivity contribution in [2.24, 2.45) is 0 Å². The summed E-state index contributed by atoms with van der Waals surface area (Å²) in [7, 11) is 1.84. The minimum atomic E-state index is -0.230. The molecule has 108 valence electrons. The SMILES string of the molecule is CNc1cc(C)ccc1NC(=S)NC(=O)c1ccccc1. The number of carbonyl (C=O) groups excluding carboxylic acids is 1. The van der Waals surface area contributed by atoms with E-state index in [0.717, 1.165) is 16.9 Å². The molecule has 4 nitrogen and oxygen atoms in total. The zero-order valence-corrected chi connectivity index (χ0v) is 12.8. The third kappa shape index (κ3) is 4.03. The Balaban J connectivity index is 2.04. The van der Waals surface area contributed by atoms with E-state index in [1.54, 1.807) is 12.1 Å². The third-order valence-electron chi connectivity index (χ3n) is 2.96. The molecule has 0 bridgehead atoms. The molecule has 0 aliphatic rings. The highest BCUT2D eigenvalue weighted by Crippen LogP contribution is 2.22. The molecule has 21 heavy (non-hydrogen) atoms. The van der Waals surface area contributed by atoms with E-state index < -0.39 is 0 Å². The van der Waals surface area contributed by atoms with Gasteiger partial charge >= 0.3 is 0 Å². The van der Waals surface area contributed by atoms with Gasteiger partial charge in [-0.2, -0.15) is 0 Å². The van der Waals surface area contributed by atoms with Crippen LogP contribution < -0.4 is 16.0 Å². The average Bonchev–Trinajstić information content (AvgIpc) is 2.49. The molecule has 2 aromatic carbocycles. The first-order valence-electron chi connectivity index (χ1n) is 6.56. The van der Waals surface area contributed by atoms with Gasteiger partial charge in [-0.3, -0.25) is 10.1 Å². The van der Waals surface area contributed by atoms with Crippen molar-refractivity contribution in [3.05, 3.63) is 59.7 Å². The second-order valence-electron chi connectivity index (χ2n) is 4.57. The van der Waals surface area contributed by atoms with Gasteiger partial charge in [-0.05, 0) is 49.0 Å². The predicted octanol–water partition coefficient (Wildman–Crippen LogP) is 3.16. The maximum atomic E-state index is 12.0. The van der Waals surface area contributed by atoms with E-state index in [1.807, 2.05) is 50.4 Å². The Labute approximate surface area is 129 Å². The van der Waals surface area contributed by atoms with E-state index in [4.69, 9.17) is 12.2 Å². The van der Waals surface area contributed by atoms with E-state index in [1.165, 1.54) is 0 Å². The lowest BCUT2D eigenvalue weighted by Crippen LogP contribution is -2.34. The number of carbonyl (C=O) groups is 1. The van der Waals surface area contributed by atoms with Crippen LogP contribution in [0.1, 0.15) is 15.9 Å². The first-order chi connectivity index (χ1) is 10.1. The summed E-state index contributed by atoms with van der Waals surface area (Å²) < 4.78 is 0. The van der Waals surface area contributed by atoms with Crippen LogP contribution in [0.25, 0.3) is 0 Å². The minimum Gasteiger partial charge on any atom is -0.386 e. The molecule has 0 unspecified atom stereocenters. The van der Waals surface area contributed by atoms with Crippen molar-refractivity contribution in [2.75, 3.05) is 17.7 Å². The van der Waals surface area contributed by atoms with E-state index >= 15 is 0 Å². The fraction of sp³-hybridized carbons (Fsp3) is 0.125. The molecule has 0 aliphatic heterocycles. The van der Waals surface area contributed by atoms with Crippen molar-refractivity contribution in [2.45, 2.75) is 6.92 Å². The first kappa shape index (κ1) is 15.0. The topological polar surface area (TPSA) is 53.2 Å². The van der Waals surface area contributed by atoms with Crippen molar-refractivity contribution in [1.29, 1.82) is 0 Å². The molecule has 0 aromatic heterocycles. The summed E-state index contributed by atoms with van der Waals surface area (Å²) in [6.45, 7) is 2.01. The molecule has 5 heteroatoms. The Morgan fingerprint density at radius 3 is 2.43 bits per heavy atom. The number of amides is 1. The quantitative estimate of drug-likeness (QED) is 0.762. The fourth-order valence-electron chi connectivity index (χ4n) is 1.89. The summed E-state index contributed by atoms with van der Waals surface area (Å²) >= 11 is 5.18. The van der Waals surface area contributed by atoms with Crippen LogP contribution in [0, 0.1) is 6.92 Å². The van der Waals surface area contributed by atoms with Gasteiger partial charge in [0.15, 0.2) is 5.11 Å². The van der Waals surface area contributed by atoms with E-state index in [2.05, 4.69) is 16.0 Å². The average molecular weight is 299 g/mol. The number of hydrogen-bond donors (Lipinski definition) is 3. The van der Waals surface area contributed by atoms with Gasteiger partial charge in [0.25, 0.3) is 5.91 Å². The molecule has 0 spiro atoms. The monoisotopic (exact) mass is 299 g/mol. The van der Waals surface area contributed by atoms with Crippen molar-refractivity contribution in [3.8, 4) is 0 Å². The molecule has 0 heterocycles. The van der Waals surface area contributed by atoms with E-state index in [9.17, 15) is 4.79 Å². The molecular weight excluding hydrogens is 282 g/mol. The maximum Gasteiger partial charge on any atom is 0.257 e. The van der Waals surface area contributed by atoms with Crippen molar-refractivity contribution >= 4 is 34.6 Å². The van der Waals surface area contributed by atoms with Crippen LogP contribution in [-0.4, -0.2) is 18.1 Å². The van der Waals surface area contributed by atoms with Crippen LogP contribution in [0.15, 0.2) is 48.5 Å². The van der Waals surface area contributed by atoms with Gasteiger partial charge in [-0.25, -0.2) is 0 Å². The molecule has 0 aliphatic carbocycles. The second kappa shape index (κ2) is 6.85. The van der Waals surface area contributed by atoms with E-state index in [0.29, 0.717) is 5.56 Å². The van der Waals surface area contributed by atoms with Crippen LogP contribution >= 0.6 is 12.2 Å². The second-order valence-corrected chi connectivity index (χ2v) is 4.98. The largest absolute Gasteiger partial charge is 0.386 e. The number of thiocarbonyl (C=S) groups is 1. The van der Waals surface area contributed by atoms with Gasteiger partial charge in [0.05, 0.1) is 11.4 Å². The number of nitrogens with one attached hydrogen (secondary N) is 3. The number of rotatable bonds is 3. The summed E-state index contributed by atoms with van der Waals surface area (Å²) in [5.41, 5.74) is 3.45. The molecule has 3 N–H and O–H groups in total. The highest BCUT2D eigenvalue weighted by Gasteiger charge is 2.08. The molecule has 0 saturated heterocycles. The maximum absolute atomic E-state index is 12.0. The van der Waals surface area contributed by atoms with Gasteiger partial charge in [0.2, 0.25) is 0 Å². The molecule has 2 rings (SSSR count). The molecule has 0 atom stereocenters. The van der Waals surface area contributed by atoms with Gasteiger partial charge < -0.3 is 10.6 Å². The molecule has 2 aromatic rings. The van der Waals surface area contributed by atoms with Crippen LogP contribution in [0.3, 0.4) is 0 Å². The van der Waals surface area contributed by atoms with Crippen LogP contribution in [0.2, 0.25) is 0 Å². The molecule has 0 fully saturated rings. The normalized spacial score (nSPS) is 9.81. The zero-order chi connectivity index (χ0) is 15.2. The lowest BCUT2D eigenvalue weighted by Gasteiger charge is -2.14. The minimum absolute atomic E-state index is 0.230. The van der Waals surface area contributed by atoms with Gasteiger partial charge in [-0.15, -0.1) is 0 Å². The Morgan fingerprint density at radius 1 is 1.05 bits per heavy atom. The van der Waals surface area contributed by atoms with E-state index in [-0.39, 0.29) is 11.0 Å². The molecule has 1 amide bonds. The number of hydrogen-bond acceptors (Lipinski definition) is 3. The Morgan fingerprint density at radius 2 is 1.76 bits per heavy atom. The summed E-state index contributed by atoms with van der Waals surface area (Å²) in [6.07, 6.45) is 0. The third-order valence-corrected chi connectivity index (χ3v) is 3.16. The standard InChI is InChI=1S/C16H17N3OS/c1-11-8-9-13(14(10-11)17-2)18-16(21)19-15(20)12-6-4-3-5-7-12/h3-10,17H,1-2H3,(H2,18,19,20,21). The highest BCUT2D eigenvalue weighted by atomic mass is 32.1. The van der Waals surface area contributed by atoms with Crippen LogP contribution in [0.4, 0.5) is 11.4 Å². The summed E-state index contributed by atoms with van der Waals surface area (Å²) in [4.78, 5) is 12.0. The predicted molar refractivity (Wildman–Crippen MR) is 90.9 cm³/mol. The van der Waals surface area contributed by atoms with Crippen molar-refractivity contribution < 1.29 is 4.79 Å². The Hall–Kier alpha value is -2.40. The summed E-state index contributed by atoms with van der Waals surface area (Å²) in [5.74, 6) is -0.230. The first-order valence-corrected chi connectivity index (χ1v) is 6.97. The Bertz CT molecular complexity index is 656. The van der Waals surface area contributed by atoms with Gasteiger partial charge in [0, 0.05) is 12.6 Å². The summed E-state index contributed by atoms with van der Waals surface area (Å²) in [6, 6.07) is 14.9. The zero-order valence-electron chi connectivity index (χ0n) is 11.9. The van der Waals surface area contributed by atoms with Crippen molar-refractivity contribution in [1.82, 2.24) is 5.32 Å². The Kier molecular flexibility index (Phi) is 4.90. The van der Waals surface area contributed by atoms with Gasteiger partial charge in [-0.1, -0.05) is 24.3 Å². The lowest BCUT2D eigenvalue weighted by molar-refractivity contribution is 0.0977.